The van der Waals surface area contributed by atoms with Gasteiger partial charge in [-0.15, -0.1) is 0 Å². The molecule has 0 heterocycles. The van der Waals surface area contributed by atoms with E-state index in [1.54, 1.807) is 19.2 Å². The minimum Gasteiger partial charge on any atom is -0.496 e. The van der Waals surface area contributed by atoms with Crippen molar-refractivity contribution >= 4 is 17.6 Å². The largest absolute Gasteiger partial charge is 0.496 e. The molecule has 0 aromatic heterocycles. The lowest BCUT2D eigenvalue weighted by molar-refractivity contribution is -0.146. The lowest BCUT2D eigenvalue weighted by atomic mass is 10.0. The number of ether oxygens (including phenoxy) is 2. The van der Waals surface area contributed by atoms with Crippen LogP contribution in [0.2, 0.25) is 0 Å². The number of benzene rings is 3. The standard InChI is InChI=1S/C23H21NO4/c1-27-21-14-8-5-11-18(21)15-23(26)28-16-22(25)24-20-13-7-6-12-19(20)17-9-3-2-4-10-17/h2-14H,15-16H2,1H3,(H,24,25). The van der Waals surface area contributed by atoms with Gasteiger partial charge in [-0.3, -0.25) is 9.59 Å². The van der Waals surface area contributed by atoms with Gasteiger partial charge in [0.05, 0.1) is 13.5 Å². The van der Waals surface area contributed by atoms with E-state index in [1.165, 1.54) is 0 Å². The maximum atomic E-state index is 12.3. The zero-order chi connectivity index (χ0) is 19.8. The lowest BCUT2D eigenvalue weighted by Gasteiger charge is -2.12. The highest BCUT2D eigenvalue weighted by molar-refractivity contribution is 5.97. The first-order chi connectivity index (χ1) is 13.7. The van der Waals surface area contributed by atoms with Crippen LogP contribution in [0.1, 0.15) is 5.56 Å². The summed E-state index contributed by atoms with van der Waals surface area (Å²) >= 11 is 0. The summed E-state index contributed by atoms with van der Waals surface area (Å²) in [4.78, 5) is 24.3. The average molecular weight is 375 g/mol. The van der Waals surface area contributed by atoms with E-state index < -0.39 is 11.9 Å². The molecule has 0 bridgehead atoms. The van der Waals surface area contributed by atoms with Crippen LogP contribution in [0.25, 0.3) is 11.1 Å². The molecular formula is C23H21NO4. The number of carbonyl (C=O) groups excluding carboxylic acids is 2. The van der Waals surface area contributed by atoms with Gasteiger partial charge in [0.25, 0.3) is 5.91 Å². The molecule has 0 saturated heterocycles. The zero-order valence-corrected chi connectivity index (χ0v) is 15.6. The molecule has 0 unspecified atom stereocenters. The number of para-hydroxylation sites is 2. The third-order valence-corrected chi connectivity index (χ3v) is 4.18. The van der Waals surface area contributed by atoms with Crippen molar-refractivity contribution in [3.8, 4) is 16.9 Å². The molecule has 0 spiro atoms. The highest BCUT2D eigenvalue weighted by Crippen LogP contribution is 2.27. The first kappa shape index (κ1) is 19.2. The van der Waals surface area contributed by atoms with Crippen molar-refractivity contribution in [2.45, 2.75) is 6.42 Å². The second-order valence-corrected chi connectivity index (χ2v) is 6.11. The number of amides is 1. The van der Waals surface area contributed by atoms with E-state index in [4.69, 9.17) is 9.47 Å². The van der Waals surface area contributed by atoms with Gasteiger partial charge in [0, 0.05) is 16.8 Å². The summed E-state index contributed by atoms with van der Waals surface area (Å²) in [5.74, 6) is -0.270. The van der Waals surface area contributed by atoms with Gasteiger partial charge in [0.15, 0.2) is 6.61 Å². The number of hydrogen-bond acceptors (Lipinski definition) is 4. The summed E-state index contributed by atoms with van der Waals surface area (Å²) in [5.41, 5.74) is 3.27. The molecule has 0 fully saturated rings. The fourth-order valence-corrected chi connectivity index (χ4v) is 2.85. The minimum atomic E-state index is -0.490. The number of esters is 1. The Hall–Kier alpha value is -3.60. The van der Waals surface area contributed by atoms with Crippen molar-refractivity contribution in [2.75, 3.05) is 19.0 Å². The number of methoxy groups -OCH3 is 1. The van der Waals surface area contributed by atoms with Crippen LogP contribution in [-0.2, 0) is 20.7 Å². The van der Waals surface area contributed by atoms with Gasteiger partial charge in [-0.05, 0) is 17.7 Å². The predicted octanol–water partition coefficient (Wildman–Crippen LogP) is 4.09. The van der Waals surface area contributed by atoms with Gasteiger partial charge in [0.2, 0.25) is 0 Å². The third-order valence-electron chi connectivity index (χ3n) is 4.18. The topological polar surface area (TPSA) is 64.6 Å². The van der Waals surface area contributed by atoms with Crippen molar-refractivity contribution < 1.29 is 19.1 Å². The lowest BCUT2D eigenvalue weighted by Crippen LogP contribution is -2.22. The summed E-state index contributed by atoms with van der Waals surface area (Å²) < 4.78 is 10.3. The van der Waals surface area contributed by atoms with E-state index in [9.17, 15) is 9.59 Å². The first-order valence-corrected chi connectivity index (χ1v) is 8.89. The Morgan fingerprint density at radius 1 is 0.857 bits per heavy atom. The molecule has 0 atom stereocenters. The number of anilines is 1. The van der Waals surface area contributed by atoms with Crippen LogP contribution in [-0.4, -0.2) is 25.6 Å². The van der Waals surface area contributed by atoms with Crippen molar-refractivity contribution in [2.24, 2.45) is 0 Å². The van der Waals surface area contributed by atoms with Gasteiger partial charge < -0.3 is 14.8 Å². The molecule has 0 aliphatic heterocycles. The number of carbonyl (C=O) groups is 2. The maximum Gasteiger partial charge on any atom is 0.310 e. The molecule has 0 aliphatic rings. The minimum absolute atomic E-state index is 0.0396. The molecule has 0 saturated carbocycles. The summed E-state index contributed by atoms with van der Waals surface area (Å²) in [6.45, 7) is -0.350. The molecule has 1 amide bonds. The average Bonchev–Trinajstić information content (AvgIpc) is 2.74. The normalized spacial score (nSPS) is 10.2. The molecule has 28 heavy (non-hydrogen) atoms. The van der Waals surface area contributed by atoms with Crippen molar-refractivity contribution in [3.05, 3.63) is 84.4 Å². The molecule has 5 heteroatoms. The van der Waals surface area contributed by atoms with Crippen LogP contribution >= 0.6 is 0 Å². The molecule has 142 valence electrons. The Morgan fingerprint density at radius 3 is 2.32 bits per heavy atom. The van der Waals surface area contributed by atoms with Crippen LogP contribution in [0.5, 0.6) is 5.75 Å². The van der Waals surface area contributed by atoms with E-state index in [0.29, 0.717) is 17.0 Å². The number of nitrogens with one attached hydrogen (secondary N) is 1. The molecule has 3 aromatic carbocycles. The Balaban J connectivity index is 1.59. The third kappa shape index (κ3) is 4.98. The zero-order valence-electron chi connectivity index (χ0n) is 15.6. The highest BCUT2D eigenvalue weighted by Gasteiger charge is 2.13. The van der Waals surface area contributed by atoms with Gasteiger partial charge in [0.1, 0.15) is 5.75 Å². The molecule has 3 aromatic rings. The summed E-state index contributed by atoms with van der Waals surface area (Å²) in [7, 11) is 1.54. The Kier molecular flexibility index (Phi) is 6.41. The van der Waals surface area contributed by atoms with Crippen LogP contribution in [0.4, 0.5) is 5.69 Å². The second-order valence-electron chi connectivity index (χ2n) is 6.11. The van der Waals surface area contributed by atoms with E-state index in [2.05, 4.69) is 5.32 Å². The molecule has 1 N–H and O–H groups in total. The maximum absolute atomic E-state index is 12.3. The van der Waals surface area contributed by atoms with Gasteiger partial charge in [-0.25, -0.2) is 0 Å². The monoisotopic (exact) mass is 375 g/mol. The smallest absolute Gasteiger partial charge is 0.310 e. The van der Waals surface area contributed by atoms with Gasteiger partial charge >= 0.3 is 5.97 Å². The van der Waals surface area contributed by atoms with Gasteiger partial charge in [-0.2, -0.15) is 0 Å². The quantitative estimate of drug-likeness (QED) is 0.632. The first-order valence-electron chi connectivity index (χ1n) is 8.89. The summed E-state index contributed by atoms with van der Waals surface area (Å²) in [5, 5.41) is 2.81. The molecule has 5 nitrogen and oxygen atoms in total. The van der Waals surface area contributed by atoms with Crippen LogP contribution in [0.3, 0.4) is 0 Å². The van der Waals surface area contributed by atoms with E-state index in [-0.39, 0.29) is 13.0 Å². The van der Waals surface area contributed by atoms with Crippen LogP contribution in [0, 0.1) is 0 Å². The molecule has 0 aliphatic carbocycles. The summed E-state index contributed by atoms with van der Waals surface area (Å²) in [6, 6.07) is 24.5. The molecule has 3 rings (SSSR count). The Labute approximate surface area is 163 Å². The highest BCUT2D eigenvalue weighted by atomic mass is 16.5. The van der Waals surface area contributed by atoms with E-state index in [0.717, 1.165) is 11.1 Å². The Bertz CT molecular complexity index is 954. The number of rotatable bonds is 7. The van der Waals surface area contributed by atoms with Crippen molar-refractivity contribution in [1.82, 2.24) is 0 Å². The van der Waals surface area contributed by atoms with Gasteiger partial charge in [-0.1, -0.05) is 66.7 Å². The fourth-order valence-electron chi connectivity index (χ4n) is 2.85. The SMILES string of the molecule is COc1ccccc1CC(=O)OCC(=O)Nc1ccccc1-c1ccccc1. The summed E-state index contributed by atoms with van der Waals surface area (Å²) in [6.07, 6.45) is 0.0396. The number of hydrogen-bond donors (Lipinski definition) is 1. The van der Waals surface area contributed by atoms with Crippen LogP contribution in [0.15, 0.2) is 78.9 Å². The predicted molar refractivity (Wildman–Crippen MR) is 108 cm³/mol. The molecule has 0 radical (unpaired) electrons. The Morgan fingerprint density at radius 2 is 1.54 bits per heavy atom. The van der Waals surface area contributed by atoms with Crippen molar-refractivity contribution in [3.63, 3.8) is 0 Å². The van der Waals surface area contributed by atoms with E-state index in [1.807, 2.05) is 66.7 Å². The van der Waals surface area contributed by atoms with E-state index >= 15 is 0 Å². The molecular weight excluding hydrogens is 354 g/mol. The van der Waals surface area contributed by atoms with Crippen molar-refractivity contribution in [1.29, 1.82) is 0 Å². The van der Waals surface area contributed by atoms with Crippen LogP contribution < -0.4 is 10.1 Å². The second kappa shape index (κ2) is 9.37. The fraction of sp³-hybridized carbons (Fsp3) is 0.130.